The Balaban J connectivity index is 1.27. The number of anilines is 1. The Labute approximate surface area is 166 Å². The molecule has 1 aromatic heterocycles. The molecule has 0 saturated carbocycles. The largest absolute Gasteiger partial charge is 0.352 e. The van der Waals surface area contributed by atoms with E-state index in [-0.39, 0.29) is 18.5 Å². The van der Waals surface area contributed by atoms with Gasteiger partial charge in [-0.25, -0.2) is 4.79 Å². The lowest BCUT2D eigenvalue weighted by molar-refractivity contribution is -0.129. The van der Waals surface area contributed by atoms with Gasteiger partial charge in [0.25, 0.3) is 0 Å². The topological polar surface area (TPSA) is 68.8 Å². The Morgan fingerprint density at radius 1 is 1.00 bits per heavy atom. The third-order valence-corrected chi connectivity index (χ3v) is 6.74. The summed E-state index contributed by atoms with van der Waals surface area (Å²) in [5.74, 6) is 2.98. The van der Waals surface area contributed by atoms with Gasteiger partial charge in [-0.2, -0.15) is 16.1 Å². The highest BCUT2D eigenvalue weighted by Gasteiger charge is 2.24. The normalized spacial score (nSPS) is 18.0. The first kappa shape index (κ1) is 18.4. The molecule has 144 valence electrons. The second-order valence-electron chi connectivity index (χ2n) is 6.63. The summed E-state index contributed by atoms with van der Waals surface area (Å²) in [7, 11) is 0. The summed E-state index contributed by atoms with van der Waals surface area (Å²) in [6.07, 6.45) is 0. The molecule has 2 aliphatic heterocycles. The minimum Gasteiger partial charge on any atom is -0.352 e. The fraction of sp³-hybridized carbons (Fsp3) is 0.500. The van der Waals surface area contributed by atoms with Crippen LogP contribution in [0.1, 0.15) is 0 Å². The van der Waals surface area contributed by atoms with Crippen molar-refractivity contribution in [3.05, 3.63) is 24.3 Å². The van der Waals surface area contributed by atoms with E-state index in [4.69, 9.17) is 0 Å². The minimum atomic E-state index is -0.155. The number of carbonyl (C=O) groups is 2. The van der Waals surface area contributed by atoms with Crippen LogP contribution in [-0.4, -0.2) is 83.4 Å². The molecule has 2 aliphatic rings. The maximum absolute atomic E-state index is 12.4. The lowest BCUT2D eigenvalue weighted by atomic mass is 10.2. The molecule has 3 heterocycles. The number of piperazine rings is 1. The van der Waals surface area contributed by atoms with Gasteiger partial charge in [-0.15, -0.1) is 0 Å². The van der Waals surface area contributed by atoms with Crippen LogP contribution in [0.15, 0.2) is 24.3 Å². The zero-order valence-electron chi connectivity index (χ0n) is 15.1. The number of aromatic nitrogens is 1. The van der Waals surface area contributed by atoms with E-state index < -0.39 is 0 Å². The molecule has 1 N–H and O–H groups in total. The molecular formula is C18H23N5O2S2. The van der Waals surface area contributed by atoms with Crippen LogP contribution in [0.4, 0.5) is 10.6 Å². The Morgan fingerprint density at radius 2 is 1.74 bits per heavy atom. The number of rotatable bonds is 3. The van der Waals surface area contributed by atoms with Gasteiger partial charge in [0.2, 0.25) is 5.91 Å². The molecular weight excluding hydrogens is 382 g/mol. The van der Waals surface area contributed by atoms with Crippen LogP contribution in [0, 0.1) is 0 Å². The van der Waals surface area contributed by atoms with Crippen LogP contribution in [0.25, 0.3) is 10.1 Å². The molecule has 27 heavy (non-hydrogen) atoms. The van der Waals surface area contributed by atoms with E-state index in [2.05, 4.69) is 26.7 Å². The van der Waals surface area contributed by atoms with E-state index in [1.54, 1.807) is 4.90 Å². The van der Waals surface area contributed by atoms with E-state index in [9.17, 15) is 9.59 Å². The number of carbonyl (C=O) groups excluding carboxylic acids is 2. The van der Waals surface area contributed by atoms with E-state index in [0.717, 1.165) is 43.5 Å². The minimum absolute atomic E-state index is 0.0104. The summed E-state index contributed by atoms with van der Waals surface area (Å²) in [6.45, 7) is 4.40. The summed E-state index contributed by atoms with van der Waals surface area (Å²) in [6, 6.07) is 8.08. The van der Waals surface area contributed by atoms with Crippen LogP contribution < -0.4 is 10.2 Å². The second-order valence-corrected chi connectivity index (χ2v) is 8.66. The number of nitrogens with one attached hydrogen (secondary N) is 1. The van der Waals surface area contributed by atoms with Crippen molar-refractivity contribution < 1.29 is 9.59 Å². The molecule has 0 bridgehead atoms. The fourth-order valence-electron chi connectivity index (χ4n) is 3.41. The molecule has 0 spiro atoms. The van der Waals surface area contributed by atoms with Crippen LogP contribution in [0.2, 0.25) is 0 Å². The highest BCUT2D eigenvalue weighted by molar-refractivity contribution is 7.99. The quantitative estimate of drug-likeness (QED) is 0.842. The monoisotopic (exact) mass is 405 g/mol. The highest BCUT2D eigenvalue weighted by atomic mass is 32.2. The fourth-order valence-corrected chi connectivity index (χ4v) is 5.11. The number of urea groups is 1. The molecule has 4 rings (SSSR count). The van der Waals surface area contributed by atoms with E-state index in [1.807, 2.05) is 28.8 Å². The van der Waals surface area contributed by atoms with Crippen LogP contribution in [0.5, 0.6) is 0 Å². The Kier molecular flexibility index (Phi) is 5.68. The molecule has 7 nitrogen and oxygen atoms in total. The number of benzene rings is 1. The first-order chi connectivity index (χ1) is 13.2. The molecule has 0 unspecified atom stereocenters. The van der Waals surface area contributed by atoms with Gasteiger partial charge in [0.15, 0.2) is 0 Å². The third kappa shape index (κ3) is 4.14. The van der Waals surface area contributed by atoms with Crippen LogP contribution >= 0.6 is 23.3 Å². The summed E-state index contributed by atoms with van der Waals surface area (Å²) < 4.78 is 5.78. The first-order valence-corrected chi connectivity index (χ1v) is 11.1. The molecule has 9 heteroatoms. The van der Waals surface area contributed by atoms with Crippen molar-refractivity contribution in [3.63, 3.8) is 0 Å². The van der Waals surface area contributed by atoms with Gasteiger partial charge >= 0.3 is 6.03 Å². The summed E-state index contributed by atoms with van der Waals surface area (Å²) in [4.78, 5) is 30.4. The smallest absolute Gasteiger partial charge is 0.317 e. The van der Waals surface area contributed by atoms with Gasteiger partial charge in [-0.05, 0) is 23.7 Å². The third-order valence-electron chi connectivity index (χ3n) is 4.98. The van der Waals surface area contributed by atoms with Gasteiger partial charge < -0.3 is 20.0 Å². The van der Waals surface area contributed by atoms with Crippen molar-refractivity contribution in [1.29, 1.82) is 0 Å². The Bertz CT molecular complexity index is 813. The molecule has 2 fully saturated rings. The van der Waals surface area contributed by atoms with E-state index in [1.165, 1.54) is 21.6 Å². The first-order valence-electron chi connectivity index (χ1n) is 9.20. The zero-order valence-corrected chi connectivity index (χ0v) is 16.7. The van der Waals surface area contributed by atoms with Gasteiger partial charge in [0, 0.05) is 56.2 Å². The number of nitrogens with zero attached hydrogens (tertiary/aromatic N) is 4. The molecule has 0 radical (unpaired) electrons. The predicted octanol–water partition coefficient (Wildman–Crippen LogP) is 1.70. The maximum atomic E-state index is 12.4. The predicted molar refractivity (Wildman–Crippen MR) is 111 cm³/mol. The lowest BCUT2D eigenvalue weighted by Crippen LogP contribution is -2.53. The zero-order chi connectivity index (χ0) is 18.6. The maximum Gasteiger partial charge on any atom is 0.317 e. The van der Waals surface area contributed by atoms with Crippen molar-refractivity contribution in [3.8, 4) is 0 Å². The SMILES string of the molecule is O=C(CNC(=O)N1CCN(c2nsc3ccccc23)CC1)N1CCSCC1. The Morgan fingerprint density at radius 3 is 2.52 bits per heavy atom. The molecule has 3 amide bonds. The van der Waals surface area contributed by atoms with Gasteiger partial charge in [-0.1, -0.05) is 12.1 Å². The van der Waals surface area contributed by atoms with Crippen molar-refractivity contribution in [2.45, 2.75) is 0 Å². The second kappa shape index (κ2) is 8.35. The molecule has 1 aromatic carbocycles. The average Bonchev–Trinajstić information content (AvgIpc) is 3.16. The van der Waals surface area contributed by atoms with Crippen LogP contribution in [-0.2, 0) is 4.79 Å². The number of hydrogen-bond donors (Lipinski definition) is 1. The summed E-state index contributed by atoms with van der Waals surface area (Å²) >= 11 is 3.38. The molecule has 0 aliphatic carbocycles. The van der Waals surface area contributed by atoms with Gasteiger partial charge in [0.1, 0.15) is 5.82 Å². The summed E-state index contributed by atoms with van der Waals surface area (Å²) in [5, 5.41) is 3.96. The number of hydrogen-bond acceptors (Lipinski definition) is 6. The van der Waals surface area contributed by atoms with Crippen molar-refractivity contribution >= 4 is 51.1 Å². The van der Waals surface area contributed by atoms with Crippen molar-refractivity contribution in [2.75, 3.05) is 62.2 Å². The van der Waals surface area contributed by atoms with Gasteiger partial charge in [-0.3, -0.25) is 4.79 Å². The average molecular weight is 406 g/mol. The number of fused-ring (bicyclic) bond motifs is 1. The molecule has 2 saturated heterocycles. The summed E-state index contributed by atoms with van der Waals surface area (Å²) in [5.41, 5.74) is 0. The van der Waals surface area contributed by atoms with Crippen molar-refractivity contribution in [2.24, 2.45) is 0 Å². The standard InChI is InChI=1S/C18H23N5O2S2/c24-16(21-9-11-26-12-10-21)13-19-18(25)23-7-5-22(6-8-23)17-14-3-1-2-4-15(14)27-20-17/h1-4H,5-13H2,(H,19,25). The number of thioether (sulfide) groups is 1. The lowest BCUT2D eigenvalue weighted by Gasteiger charge is -2.35. The van der Waals surface area contributed by atoms with E-state index in [0.29, 0.717) is 13.1 Å². The van der Waals surface area contributed by atoms with E-state index >= 15 is 0 Å². The molecule has 0 atom stereocenters. The highest BCUT2D eigenvalue weighted by Crippen LogP contribution is 2.29. The van der Waals surface area contributed by atoms with Crippen molar-refractivity contribution in [1.82, 2.24) is 19.5 Å². The van der Waals surface area contributed by atoms with Gasteiger partial charge in [0.05, 0.1) is 11.2 Å². The molecule has 2 aromatic rings. The Hall–Kier alpha value is -2.00. The van der Waals surface area contributed by atoms with Crippen LogP contribution in [0.3, 0.4) is 0 Å². The number of amides is 3.